The number of halogens is 1. The van der Waals surface area contributed by atoms with E-state index in [2.05, 4.69) is 19.9 Å². The maximum absolute atomic E-state index is 14.5. The highest BCUT2D eigenvalue weighted by molar-refractivity contribution is 6.05. The van der Waals surface area contributed by atoms with Crippen molar-refractivity contribution in [2.24, 2.45) is 5.11 Å². The Bertz CT molecular complexity index is 1940. The minimum Gasteiger partial charge on any atom is -0.460 e. The highest BCUT2D eigenvalue weighted by Crippen LogP contribution is 2.43. The SMILES string of the molecule is CC(C)n1c(CCC2CC(CC(=O)OC(C)(C)C)OC(C)(C)O2)c(-c2ccc(F)cc2)c(-c2ccccc2)c1C(=O)NCc1cccc(CN=[N+]=[N-])c1. The summed E-state index contributed by atoms with van der Waals surface area (Å²) in [4.78, 5) is 30.2. The Morgan fingerprint density at radius 1 is 0.981 bits per heavy atom. The molecular formula is C42H50FN5O5. The van der Waals surface area contributed by atoms with Crippen molar-refractivity contribution in [3.8, 4) is 22.3 Å². The fourth-order valence-electron chi connectivity index (χ4n) is 7.10. The quantitative estimate of drug-likeness (QED) is 0.0636. The van der Waals surface area contributed by atoms with Crippen LogP contribution in [0.3, 0.4) is 0 Å². The smallest absolute Gasteiger partial charge is 0.308 e. The van der Waals surface area contributed by atoms with Crippen molar-refractivity contribution in [3.05, 3.63) is 118 Å². The molecule has 0 spiro atoms. The molecule has 2 heterocycles. The van der Waals surface area contributed by atoms with Crippen LogP contribution in [-0.4, -0.2) is 40.0 Å². The molecule has 1 aromatic heterocycles. The van der Waals surface area contributed by atoms with Crippen LogP contribution in [0, 0.1) is 5.82 Å². The molecule has 0 radical (unpaired) electrons. The predicted molar refractivity (Wildman–Crippen MR) is 203 cm³/mol. The van der Waals surface area contributed by atoms with E-state index in [4.69, 9.17) is 19.7 Å². The van der Waals surface area contributed by atoms with Gasteiger partial charge in [0.25, 0.3) is 5.91 Å². The molecule has 0 aliphatic carbocycles. The molecular weight excluding hydrogens is 673 g/mol. The molecule has 2 unspecified atom stereocenters. The van der Waals surface area contributed by atoms with Crippen molar-refractivity contribution < 1.29 is 28.2 Å². The second-order valence-corrected chi connectivity index (χ2v) is 15.2. The first kappa shape index (κ1) is 39.3. The zero-order chi connectivity index (χ0) is 38.3. The Morgan fingerprint density at radius 2 is 1.64 bits per heavy atom. The van der Waals surface area contributed by atoms with Crippen molar-refractivity contribution in [2.75, 3.05) is 0 Å². The minimum atomic E-state index is -0.923. The van der Waals surface area contributed by atoms with Gasteiger partial charge in [-0.15, -0.1) is 0 Å². The van der Waals surface area contributed by atoms with Gasteiger partial charge in [0, 0.05) is 40.7 Å². The highest BCUT2D eigenvalue weighted by atomic mass is 19.1. The highest BCUT2D eigenvalue weighted by Gasteiger charge is 2.38. The number of nitrogens with zero attached hydrogens (tertiary/aromatic N) is 4. The lowest BCUT2D eigenvalue weighted by Gasteiger charge is -2.41. The van der Waals surface area contributed by atoms with Gasteiger partial charge in [0.05, 0.1) is 25.2 Å². The summed E-state index contributed by atoms with van der Waals surface area (Å²) >= 11 is 0. The molecule has 11 heteroatoms. The number of rotatable bonds is 13. The molecule has 0 bridgehead atoms. The number of benzene rings is 3. The molecule has 5 rings (SSSR count). The van der Waals surface area contributed by atoms with E-state index in [1.165, 1.54) is 12.1 Å². The molecule has 4 aromatic rings. The van der Waals surface area contributed by atoms with Gasteiger partial charge in [0.1, 0.15) is 17.1 Å². The van der Waals surface area contributed by atoms with Crippen LogP contribution in [0.1, 0.15) is 101 Å². The van der Waals surface area contributed by atoms with E-state index < -0.39 is 17.5 Å². The first-order chi connectivity index (χ1) is 25.1. The van der Waals surface area contributed by atoms with Crippen LogP contribution >= 0.6 is 0 Å². The maximum Gasteiger partial charge on any atom is 0.308 e. The third-order valence-corrected chi connectivity index (χ3v) is 8.94. The normalized spacial score (nSPS) is 16.9. The summed E-state index contributed by atoms with van der Waals surface area (Å²) < 4.78 is 34.6. The number of amides is 1. The zero-order valence-electron chi connectivity index (χ0n) is 31.7. The molecule has 1 fully saturated rings. The Hall–Kier alpha value is -4.96. The topological polar surface area (TPSA) is 128 Å². The van der Waals surface area contributed by atoms with Crippen LogP contribution in [0.4, 0.5) is 4.39 Å². The van der Waals surface area contributed by atoms with Gasteiger partial charge in [0.15, 0.2) is 5.79 Å². The van der Waals surface area contributed by atoms with E-state index in [-0.39, 0.29) is 49.3 Å². The average Bonchev–Trinajstić information content (AvgIpc) is 3.43. The molecule has 53 heavy (non-hydrogen) atoms. The van der Waals surface area contributed by atoms with Gasteiger partial charge in [-0.3, -0.25) is 9.59 Å². The largest absolute Gasteiger partial charge is 0.460 e. The number of esters is 1. The van der Waals surface area contributed by atoms with Gasteiger partial charge in [-0.25, -0.2) is 4.39 Å². The number of carbonyl (C=O) groups is 2. The standard InChI is InChI=1S/C42H50FN5O5/c1-27(2)48-35(21-20-33-23-34(52-42(6,7)51-33)24-36(49)53-41(3,4)5)37(31-16-18-32(43)19-17-31)38(30-14-9-8-10-15-30)39(48)40(50)45-25-28-12-11-13-29(22-28)26-46-47-44/h8-19,22,27,33-34H,20-21,23-26H2,1-7H3,(H,45,50). The van der Waals surface area contributed by atoms with Crippen LogP contribution < -0.4 is 5.32 Å². The van der Waals surface area contributed by atoms with E-state index in [9.17, 15) is 14.0 Å². The van der Waals surface area contributed by atoms with Crippen molar-refractivity contribution in [1.29, 1.82) is 0 Å². The first-order valence-electron chi connectivity index (χ1n) is 18.2. The summed E-state index contributed by atoms with van der Waals surface area (Å²) in [5, 5.41) is 6.82. The molecule has 0 saturated carbocycles. The Labute approximate surface area is 311 Å². The molecule has 1 N–H and O–H groups in total. The predicted octanol–water partition coefficient (Wildman–Crippen LogP) is 9.86. The second kappa shape index (κ2) is 16.8. The monoisotopic (exact) mass is 723 g/mol. The maximum atomic E-state index is 14.5. The second-order valence-electron chi connectivity index (χ2n) is 15.2. The fourth-order valence-corrected chi connectivity index (χ4v) is 7.10. The van der Waals surface area contributed by atoms with Gasteiger partial charge in [0.2, 0.25) is 0 Å². The summed E-state index contributed by atoms with van der Waals surface area (Å²) in [6, 6.07) is 23.6. The summed E-state index contributed by atoms with van der Waals surface area (Å²) in [5.74, 6) is -1.85. The molecule has 1 aliphatic rings. The van der Waals surface area contributed by atoms with Gasteiger partial charge in [-0.1, -0.05) is 71.8 Å². The molecule has 2 atom stereocenters. The van der Waals surface area contributed by atoms with Gasteiger partial charge in [-0.05, 0) is 101 Å². The third-order valence-electron chi connectivity index (χ3n) is 8.94. The number of hydrogen-bond acceptors (Lipinski definition) is 6. The van der Waals surface area contributed by atoms with Crippen LogP contribution in [-0.2, 0) is 38.5 Å². The van der Waals surface area contributed by atoms with Crippen LogP contribution in [0.5, 0.6) is 0 Å². The van der Waals surface area contributed by atoms with Crippen molar-refractivity contribution >= 4 is 11.9 Å². The molecule has 1 saturated heterocycles. The lowest BCUT2D eigenvalue weighted by Crippen LogP contribution is -2.45. The Kier molecular flexibility index (Phi) is 12.4. The van der Waals surface area contributed by atoms with E-state index in [1.807, 2.05) is 103 Å². The minimum absolute atomic E-state index is 0.112. The average molecular weight is 724 g/mol. The van der Waals surface area contributed by atoms with Crippen LogP contribution in [0.2, 0.25) is 0 Å². The van der Waals surface area contributed by atoms with Crippen molar-refractivity contribution in [3.63, 3.8) is 0 Å². The van der Waals surface area contributed by atoms with Gasteiger partial charge >= 0.3 is 5.97 Å². The summed E-state index contributed by atoms with van der Waals surface area (Å²) in [7, 11) is 0. The first-order valence-corrected chi connectivity index (χ1v) is 18.2. The summed E-state index contributed by atoms with van der Waals surface area (Å²) in [6.07, 6.45) is 1.07. The number of carbonyl (C=O) groups excluding carboxylic acids is 2. The molecule has 3 aromatic carbocycles. The summed E-state index contributed by atoms with van der Waals surface area (Å²) in [6.45, 7) is 13.8. The third kappa shape index (κ3) is 10.3. The van der Waals surface area contributed by atoms with E-state index in [1.54, 1.807) is 12.1 Å². The van der Waals surface area contributed by atoms with E-state index in [0.717, 1.165) is 39.1 Å². The number of hydrogen-bond donors (Lipinski definition) is 1. The van der Waals surface area contributed by atoms with Crippen molar-refractivity contribution in [1.82, 2.24) is 9.88 Å². The number of ether oxygens (including phenoxy) is 3. The zero-order valence-corrected chi connectivity index (χ0v) is 31.7. The molecule has 10 nitrogen and oxygen atoms in total. The van der Waals surface area contributed by atoms with E-state index in [0.29, 0.717) is 25.0 Å². The van der Waals surface area contributed by atoms with Gasteiger partial charge in [-0.2, -0.15) is 0 Å². The Balaban J connectivity index is 1.56. The van der Waals surface area contributed by atoms with Crippen molar-refractivity contribution in [2.45, 2.75) is 117 Å². The molecule has 280 valence electrons. The van der Waals surface area contributed by atoms with Crippen LogP contribution in [0.15, 0.2) is 84.0 Å². The number of azide groups is 1. The lowest BCUT2D eigenvalue weighted by molar-refractivity contribution is -0.300. The summed E-state index contributed by atoms with van der Waals surface area (Å²) in [5.41, 5.74) is 14.6. The molecule has 1 amide bonds. The number of nitrogens with one attached hydrogen (secondary N) is 1. The van der Waals surface area contributed by atoms with E-state index >= 15 is 0 Å². The fraction of sp³-hybridized carbons (Fsp3) is 0.429. The Morgan fingerprint density at radius 3 is 2.30 bits per heavy atom. The van der Waals surface area contributed by atoms with Gasteiger partial charge < -0.3 is 24.1 Å². The molecule has 1 aliphatic heterocycles. The lowest BCUT2D eigenvalue weighted by atomic mass is 9.92. The van der Waals surface area contributed by atoms with Crippen LogP contribution in [0.25, 0.3) is 32.7 Å². The number of aromatic nitrogens is 1.